The fourth-order valence-electron chi connectivity index (χ4n) is 2.17. The maximum Gasteiger partial charge on any atom is 0.342 e. The number of carboxylic acids is 1. The van der Waals surface area contributed by atoms with Gasteiger partial charge in [0.1, 0.15) is 23.0 Å². The number of phenolic OH excluding ortho intramolecular Hbond substituents is 1. The fourth-order valence-corrected chi connectivity index (χ4v) is 2.17. The molecule has 0 aliphatic rings. The van der Waals surface area contributed by atoms with E-state index < -0.39 is 23.6 Å². The van der Waals surface area contributed by atoms with Gasteiger partial charge in [0.05, 0.1) is 0 Å². The third-order valence-electron chi connectivity index (χ3n) is 3.02. The van der Waals surface area contributed by atoms with E-state index in [1.54, 1.807) is 26.8 Å². The average molecular weight is 337 g/mol. The zero-order chi connectivity index (χ0) is 18.7. The molecule has 24 heavy (non-hydrogen) atoms. The van der Waals surface area contributed by atoms with Crippen molar-refractivity contribution in [2.75, 3.05) is 0 Å². The van der Waals surface area contributed by atoms with Crippen molar-refractivity contribution in [3.8, 4) is 5.75 Å². The van der Waals surface area contributed by atoms with Crippen molar-refractivity contribution in [1.82, 2.24) is 5.32 Å². The molecule has 0 unspecified atom stereocenters. The molecule has 0 bridgehead atoms. The molecule has 0 heterocycles. The monoisotopic (exact) mass is 337 g/mol. The van der Waals surface area contributed by atoms with Crippen molar-refractivity contribution in [3.05, 3.63) is 29.3 Å². The topological polar surface area (TPSA) is 95.9 Å². The minimum atomic E-state index is -0.975. The number of rotatable bonds is 5. The number of phenols is 1. The zero-order valence-electron chi connectivity index (χ0n) is 15.1. The van der Waals surface area contributed by atoms with E-state index >= 15 is 0 Å². The number of ether oxygens (including phenoxy) is 1. The Hall–Kier alpha value is -2.08. The molecule has 0 aromatic heterocycles. The highest BCUT2D eigenvalue weighted by Gasteiger charge is 2.25. The number of carboxylic acid groups (broad SMARTS) is 1. The van der Waals surface area contributed by atoms with Gasteiger partial charge in [-0.2, -0.15) is 0 Å². The number of benzene rings is 1. The Kier molecular flexibility index (Phi) is 6.00. The Morgan fingerprint density at radius 3 is 2.21 bits per heavy atom. The van der Waals surface area contributed by atoms with Crippen LogP contribution in [0.1, 0.15) is 57.5 Å². The van der Waals surface area contributed by atoms with E-state index in [2.05, 4.69) is 5.32 Å². The van der Waals surface area contributed by atoms with Crippen LogP contribution in [-0.4, -0.2) is 39.3 Å². The van der Waals surface area contributed by atoms with Gasteiger partial charge in [-0.25, -0.2) is 4.79 Å². The highest BCUT2D eigenvalue weighted by molar-refractivity contribution is 5.92. The summed E-state index contributed by atoms with van der Waals surface area (Å²) in [5.41, 5.74) is -0.398. The van der Waals surface area contributed by atoms with Gasteiger partial charge in [-0.15, -0.1) is 0 Å². The Morgan fingerprint density at radius 2 is 1.75 bits per heavy atom. The summed E-state index contributed by atoms with van der Waals surface area (Å²) in [7, 11) is 0. The molecule has 6 nitrogen and oxygen atoms in total. The second-order valence-corrected chi connectivity index (χ2v) is 7.84. The molecule has 0 spiro atoms. The lowest BCUT2D eigenvalue weighted by molar-refractivity contribution is -0.140. The first-order valence-corrected chi connectivity index (χ1v) is 7.84. The second-order valence-electron chi connectivity index (χ2n) is 7.84. The van der Waals surface area contributed by atoms with Crippen molar-refractivity contribution >= 4 is 11.9 Å². The lowest BCUT2D eigenvalue weighted by Crippen LogP contribution is -2.48. The van der Waals surface area contributed by atoms with E-state index in [9.17, 15) is 19.8 Å². The number of hydrogen-bond donors (Lipinski definition) is 3. The normalized spacial score (nSPS) is 13.4. The van der Waals surface area contributed by atoms with Crippen molar-refractivity contribution in [3.63, 3.8) is 0 Å². The van der Waals surface area contributed by atoms with Crippen LogP contribution < -0.4 is 5.32 Å². The highest BCUT2D eigenvalue weighted by Crippen LogP contribution is 2.23. The molecule has 0 aliphatic carbocycles. The molecule has 134 valence electrons. The number of carbonyl (C=O) groups excluding carboxylic acids is 1. The van der Waals surface area contributed by atoms with Crippen LogP contribution in [0.2, 0.25) is 0 Å². The summed E-state index contributed by atoms with van der Waals surface area (Å²) < 4.78 is 5.26. The maximum atomic E-state index is 12.2. The molecular formula is C18H27NO5. The summed E-state index contributed by atoms with van der Waals surface area (Å²) in [5, 5.41) is 22.3. The molecule has 0 aliphatic heterocycles. The summed E-state index contributed by atoms with van der Waals surface area (Å²) in [5.74, 6) is -1.81. The molecule has 6 heteroatoms. The number of carbonyl (C=O) groups is 2. The number of aliphatic carboxylic acids is 1. The lowest BCUT2D eigenvalue weighted by Gasteiger charge is -2.26. The van der Waals surface area contributed by atoms with Gasteiger partial charge in [-0.1, -0.05) is 6.07 Å². The minimum absolute atomic E-state index is 0.0299. The van der Waals surface area contributed by atoms with Crippen molar-refractivity contribution in [1.29, 1.82) is 0 Å². The first-order chi connectivity index (χ1) is 10.8. The predicted molar refractivity (Wildman–Crippen MR) is 91.3 cm³/mol. The quantitative estimate of drug-likeness (QED) is 0.715. The highest BCUT2D eigenvalue weighted by atomic mass is 16.6. The molecular weight excluding hydrogens is 310 g/mol. The van der Waals surface area contributed by atoms with Gasteiger partial charge in [-0.05, 0) is 65.7 Å². The van der Waals surface area contributed by atoms with Gasteiger partial charge in [0.25, 0.3) is 0 Å². The van der Waals surface area contributed by atoms with Crippen LogP contribution in [0.4, 0.5) is 0 Å². The Morgan fingerprint density at radius 1 is 1.17 bits per heavy atom. The number of nitrogens with one attached hydrogen (secondary N) is 1. The van der Waals surface area contributed by atoms with Gasteiger partial charge in [0, 0.05) is 5.54 Å². The van der Waals surface area contributed by atoms with Crippen LogP contribution in [0.25, 0.3) is 0 Å². The lowest BCUT2D eigenvalue weighted by atomic mass is 9.99. The molecule has 1 rings (SSSR count). The zero-order valence-corrected chi connectivity index (χ0v) is 15.1. The number of aromatic hydroxyl groups is 1. The average Bonchev–Trinajstić information content (AvgIpc) is 2.36. The van der Waals surface area contributed by atoms with E-state index in [0.717, 1.165) is 0 Å². The van der Waals surface area contributed by atoms with Crippen molar-refractivity contribution < 1.29 is 24.5 Å². The molecule has 0 saturated heterocycles. The Labute approximate surface area is 142 Å². The molecule has 3 N–H and O–H groups in total. The second kappa shape index (κ2) is 7.21. The summed E-state index contributed by atoms with van der Waals surface area (Å²) in [6.45, 7) is 10.8. The number of esters is 1. The smallest absolute Gasteiger partial charge is 0.342 e. The fraction of sp³-hybridized carbons (Fsp3) is 0.556. The molecule has 1 aromatic carbocycles. The Bertz CT molecular complexity index is 611. The van der Waals surface area contributed by atoms with E-state index in [1.165, 1.54) is 12.1 Å². The third-order valence-corrected chi connectivity index (χ3v) is 3.02. The van der Waals surface area contributed by atoms with Gasteiger partial charge in [0.2, 0.25) is 0 Å². The standard InChI is InChI=1S/C18H27NO5/c1-17(2,3)19-13(15(21)22)10-11-7-8-14(20)12(9-11)16(23)24-18(4,5)6/h7-9,13,19-20H,10H2,1-6H3,(H,21,22)/t13-/m0/s1. The van der Waals surface area contributed by atoms with E-state index in [4.69, 9.17) is 4.74 Å². The van der Waals surface area contributed by atoms with Gasteiger partial charge < -0.3 is 14.9 Å². The SMILES string of the molecule is CC(C)(C)N[C@@H](Cc1ccc(O)c(C(=O)OC(C)(C)C)c1)C(=O)O. The first-order valence-electron chi connectivity index (χ1n) is 7.84. The summed E-state index contributed by atoms with van der Waals surface area (Å²) >= 11 is 0. The van der Waals surface area contributed by atoms with Gasteiger partial charge >= 0.3 is 11.9 Å². The largest absolute Gasteiger partial charge is 0.507 e. The van der Waals surface area contributed by atoms with Crippen LogP contribution in [0.3, 0.4) is 0 Å². The van der Waals surface area contributed by atoms with Crippen LogP contribution in [0, 0.1) is 0 Å². The predicted octanol–water partition coefficient (Wildman–Crippen LogP) is 2.73. The summed E-state index contributed by atoms with van der Waals surface area (Å²) in [6.07, 6.45) is 0.183. The first kappa shape index (κ1) is 20.0. The maximum absolute atomic E-state index is 12.2. The molecule has 0 amide bonds. The van der Waals surface area contributed by atoms with Crippen molar-refractivity contribution in [2.45, 2.75) is 65.1 Å². The Balaban J connectivity index is 3.03. The molecule has 0 radical (unpaired) electrons. The van der Waals surface area contributed by atoms with Crippen molar-refractivity contribution in [2.24, 2.45) is 0 Å². The summed E-state index contributed by atoms with van der Waals surface area (Å²) in [6, 6.07) is 3.65. The molecule has 1 atom stereocenters. The van der Waals surface area contributed by atoms with E-state index in [0.29, 0.717) is 5.56 Å². The molecule has 0 saturated carbocycles. The van der Waals surface area contributed by atoms with Gasteiger partial charge in [-0.3, -0.25) is 10.1 Å². The number of hydrogen-bond acceptors (Lipinski definition) is 5. The van der Waals surface area contributed by atoms with Crippen LogP contribution in [0.5, 0.6) is 5.75 Å². The van der Waals surface area contributed by atoms with E-state index in [-0.39, 0.29) is 23.3 Å². The van der Waals surface area contributed by atoms with Crippen LogP contribution in [-0.2, 0) is 16.0 Å². The van der Waals surface area contributed by atoms with Crippen LogP contribution in [0.15, 0.2) is 18.2 Å². The minimum Gasteiger partial charge on any atom is -0.507 e. The molecule has 0 fully saturated rings. The summed E-state index contributed by atoms with van der Waals surface area (Å²) in [4.78, 5) is 23.6. The third kappa shape index (κ3) is 6.58. The van der Waals surface area contributed by atoms with E-state index in [1.807, 2.05) is 20.8 Å². The molecule has 1 aromatic rings. The van der Waals surface area contributed by atoms with Crippen LogP contribution >= 0.6 is 0 Å². The van der Waals surface area contributed by atoms with Gasteiger partial charge in [0.15, 0.2) is 0 Å².